The van der Waals surface area contributed by atoms with E-state index in [0.717, 1.165) is 19.3 Å². The monoisotopic (exact) mass is 298 g/mol. The van der Waals surface area contributed by atoms with Crippen LogP contribution in [0.4, 0.5) is 0 Å². The van der Waals surface area contributed by atoms with Crippen molar-refractivity contribution in [2.24, 2.45) is 0 Å². The van der Waals surface area contributed by atoms with E-state index in [0.29, 0.717) is 0 Å². The zero-order valence-electron chi connectivity index (χ0n) is 13.9. The highest BCUT2D eigenvalue weighted by Gasteiger charge is 2.19. The molecular weight excluding hydrogens is 276 g/mol. The van der Waals surface area contributed by atoms with Crippen LogP contribution in [0, 0.1) is 6.92 Å². The fourth-order valence-electron chi connectivity index (χ4n) is 3.91. The van der Waals surface area contributed by atoms with Crippen molar-refractivity contribution in [2.75, 3.05) is 0 Å². The predicted octanol–water partition coefficient (Wildman–Crippen LogP) is 5.72. The predicted molar refractivity (Wildman–Crippen MR) is 98.0 cm³/mol. The minimum atomic E-state index is 1.04. The van der Waals surface area contributed by atoms with Gasteiger partial charge in [-0.1, -0.05) is 67.6 Å². The van der Waals surface area contributed by atoms with Crippen LogP contribution < -0.4 is 0 Å². The van der Waals surface area contributed by atoms with Crippen molar-refractivity contribution in [3.05, 3.63) is 94.0 Å². The molecule has 0 atom stereocenters. The first-order chi connectivity index (χ1) is 11.3. The summed E-state index contributed by atoms with van der Waals surface area (Å²) in [6, 6.07) is 22.4. The molecule has 0 saturated heterocycles. The van der Waals surface area contributed by atoms with Crippen molar-refractivity contribution in [2.45, 2.75) is 33.1 Å². The molecule has 4 rings (SSSR count). The Morgan fingerprint density at radius 1 is 0.696 bits per heavy atom. The lowest BCUT2D eigenvalue weighted by molar-refractivity contribution is 0.994. The van der Waals surface area contributed by atoms with Gasteiger partial charge in [-0.25, -0.2) is 0 Å². The van der Waals surface area contributed by atoms with Crippen LogP contribution in [0.2, 0.25) is 0 Å². The molecule has 23 heavy (non-hydrogen) atoms. The molecule has 0 bridgehead atoms. The summed E-state index contributed by atoms with van der Waals surface area (Å²) in [4.78, 5) is 0. The van der Waals surface area contributed by atoms with Crippen molar-refractivity contribution in [3.63, 3.8) is 0 Å². The summed E-state index contributed by atoms with van der Waals surface area (Å²) in [5.74, 6) is 0. The number of aryl methyl sites for hydroxylation is 2. The molecule has 0 spiro atoms. The molecule has 3 aromatic rings. The Kier molecular flexibility index (Phi) is 3.53. The molecule has 0 aromatic heterocycles. The van der Waals surface area contributed by atoms with E-state index in [1.165, 1.54) is 38.9 Å². The molecule has 0 heterocycles. The van der Waals surface area contributed by atoms with Crippen molar-refractivity contribution in [1.29, 1.82) is 0 Å². The van der Waals surface area contributed by atoms with Gasteiger partial charge in [-0.15, -0.1) is 0 Å². The third-order valence-electron chi connectivity index (χ3n) is 5.20. The van der Waals surface area contributed by atoms with E-state index in [1.54, 1.807) is 5.56 Å². The van der Waals surface area contributed by atoms with Gasteiger partial charge in [0.25, 0.3) is 0 Å². The van der Waals surface area contributed by atoms with Crippen LogP contribution in [0.25, 0.3) is 11.1 Å². The molecule has 3 aromatic carbocycles. The van der Waals surface area contributed by atoms with E-state index in [-0.39, 0.29) is 0 Å². The number of fused-ring (bicyclic) bond motifs is 4. The summed E-state index contributed by atoms with van der Waals surface area (Å²) < 4.78 is 0. The van der Waals surface area contributed by atoms with E-state index in [4.69, 9.17) is 0 Å². The first kappa shape index (κ1) is 14.3. The maximum Gasteiger partial charge on any atom is -0.00139 e. The van der Waals surface area contributed by atoms with Crippen LogP contribution in [0.15, 0.2) is 60.7 Å². The fourth-order valence-corrected chi connectivity index (χ4v) is 3.91. The summed E-state index contributed by atoms with van der Waals surface area (Å²) in [6.45, 7) is 4.53. The van der Waals surface area contributed by atoms with Gasteiger partial charge >= 0.3 is 0 Å². The topological polar surface area (TPSA) is 0 Å². The van der Waals surface area contributed by atoms with Crippen molar-refractivity contribution in [3.8, 4) is 11.1 Å². The normalized spacial score (nSPS) is 12.6. The van der Waals surface area contributed by atoms with Gasteiger partial charge in [-0.2, -0.15) is 0 Å². The standard InChI is InChI=1S/C23H22/c1-3-17-13-12-16(2)22-14-18-8-4-6-10-20(18)21-11-7-5-9-19(21)15-23(17)22/h4-13H,3,14-15H2,1-2H3. The van der Waals surface area contributed by atoms with Gasteiger partial charge < -0.3 is 0 Å². The lowest BCUT2D eigenvalue weighted by atomic mass is 9.81. The molecule has 0 nitrogen and oxygen atoms in total. The van der Waals surface area contributed by atoms with Crippen molar-refractivity contribution < 1.29 is 0 Å². The Hall–Kier alpha value is -2.34. The Labute approximate surface area is 138 Å². The first-order valence-electron chi connectivity index (χ1n) is 8.54. The number of rotatable bonds is 1. The quantitative estimate of drug-likeness (QED) is 0.421. The van der Waals surface area contributed by atoms with E-state index in [1.807, 2.05) is 0 Å². The van der Waals surface area contributed by atoms with E-state index in [9.17, 15) is 0 Å². The lowest BCUT2D eigenvalue weighted by Crippen LogP contribution is -2.08. The van der Waals surface area contributed by atoms with Gasteiger partial charge in [-0.05, 0) is 70.7 Å². The molecular formula is C23H22. The summed E-state index contributed by atoms with van der Waals surface area (Å²) in [5, 5.41) is 0. The third-order valence-corrected chi connectivity index (χ3v) is 5.20. The molecule has 0 aliphatic heterocycles. The molecule has 0 amide bonds. The summed E-state index contributed by atoms with van der Waals surface area (Å²) in [6.07, 6.45) is 3.19. The molecule has 0 N–H and O–H groups in total. The van der Waals surface area contributed by atoms with E-state index < -0.39 is 0 Å². The average molecular weight is 298 g/mol. The van der Waals surface area contributed by atoms with Crippen LogP contribution in [-0.2, 0) is 19.3 Å². The first-order valence-corrected chi connectivity index (χ1v) is 8.54. The second kappa shape index (κ2) is 5.70. The minimum absolute atomic E-state index is 1.04. The summed E-state index contributed by atoms with van der Waals surface area (Å²) >= 11 is 0. The van der Waals surface area contributed by atoms with E-state index in [2.05, 4.69) is 74.5 Å². The van der Waals surface area contributed by atoms with E-state index >= 15 is 0 Å². The second-order valence-electron chi connectivity index (χ2n) is 6.52. The van der Waals surface area contributed by atoms with Crippen LogP contribution in [0.1, 0.15) is 40.3 Å². The molecule has 1 aliphatic rings. The third kappa shape index (κ3) is 2.39. The lowest BCUT2D eigenvalue weighted by Gasteiger charge is -2.23. The average Bonchev–Trinajstić information content (AvgIpc) is 2.57. The summed E-state index contributed by atoms with van der Waals surface area (Å²) in [7, 11) is 0. The Morgan fingerprint density at radius 3 is 1.87 bits per heavy atom. The molecule has 0 unspecified atom stereocenters. The maximum absolute atomic E-state index is 2.32. The van der Waals surface area contributed by atoms with Crippen LogP contribution in [0.3, 0.4) is 0 Å². The maximum atomic E-state index is 2.32. The van der Waals surface area contributed by atoms with Gasteiger partial charge in [0.15, 0.2) is 0 Å². The van der Waals surface area contributed by atoms with Gasteiger partial charge in [0.1, 0.15) is 0 Å². The van der Waals surface area contributed by atoms with Crippen LogP contribution in [-0.4, -0.2) is 0 Å². The number of hydrogen-bond acceptors (Lipinski definition) is 0. The largest absolute Gasteiger partial charge is 0.0619 e. The Bertz CT molecular complexity index is 871. The molecule has 0 radical (unpaired) electrons. The smallest absolute Gasteiger partial charge is 0.00139 e. The van der Waals surface area contributed by atoms with Crippen LogP contribution >= 0.6 is 0 Å². The highest BCUT2D eigenvalue weighted by molar-refractivity contribution is 5.73. The fraction of sp³-hybridized carbons (Fsp3) is 0.217. The Balaban J connectivity index is 2.04. The zero-order valence-corrected chi connectivity index (χ0v) is 13.9. The van der Waals surface area contributed by atoms with Gasteiger partial charge in [-0.3, -0.25) is 0 Å². The van der Waals surface area contributed by atoms with Gasteiger partial charge in [0.2, 0.25) is 0 Å². The van der Waals surface area contributed by atoms with Crippen LogP contribution in [0.5, 0.6) is 0 Å². The minimum Gasteiger partial charge on any atom is -0.0619 e. The second-order valence-corrected chi connectivity index (χ2v) is 6.52. The molecule has 114 valence electrons. The number of benzene rings is 3. The number of hydrogen-bond donors (Lipinski definition) is 0. The highest BCUT2D eigenvalue weighted by Crippen LogP contribution is 2.36. The molecule has 0 heteroatoms. The van der Waals surface area contributed by atoms with Gasteiger partial charge in [0.05, 0.1) is 0 Å². The SMILES string of the molecule is CCc1ccc(C)c2c1Cc1ccccc1-c1ccccc1C2. The summed E-state index contributed by atoms with van der Waals surface area (Å²) in [5.41, 5.74) is 11.7. The van der Waals surface area contributed by atoms with Gasteiger partial charge in [0, 0.05) is 0 Å². The molecule has 0 fully saturated rings. The highest BCUT2D eigenvalue weighted by atomic mass is 14.2. The molecule has 0 saturated carbocycles. The molecule has 1 aliphatic carbocycles. The van der Waals surface area contributed by atoms with Crippen molar-refractivity contribution >= 4 is 0 Å². The van der Waals surface area contributed by atoms with Crippen molar-refractivity contribution in [1.82, 2.24) is 0 Å². The zero-order chi connectivity index (χ0) is 15.8. The Morgan fingerprint density at radius 2 is 1.26 bits per heavy atom.